The van der Waals surface area contributed by atoms with E-state index in [-0.39, 0.29) is 11.4 Å². The van der Waals surface area contributed by atoms with E-state index in [0.717, 1.165) is 38.4 Å². The van der Waals surface area contributed by atoms with Crippen molar-refractivity contribution in [3.63, 3.8) is 0 Å². The smallest absolute Gasteiger partial charge is 0.317 e. The molecule has 0 aromatic heterocycles. The van der Waals surface area contributed by atoms with Crippen LogP contribution in [0.1, 0.15) is 44.6 Å². The number of urea groups is 1. The van der Waals surface area contributed by atoms with E-state index in [9.17, 15) is 4.79 Å². The van der Waals surface area contributed by atoms with Gasteiger partial charge in [0.05, 0.1) is 0 Å². The van der Waals surface area contributed by atoms with Crippen LogP contribution in [0, 0.1) is 5.92 Å². The quantitative estimate of drug-likeness (QED) is 0.905. The molecule has 1 aliphatic heterocycles. The number of hydrogen-bond donors (Lipinski definition) is 1. The van der Waals surface area contributed by atoms with E-state index in [1.54, 1.807) is 0 Å². The molecular weight excluding hydrogens is 260 g/mol. The Balaban J connectivity index is 1.57. The van der Waals surface area contributed by atoms with E-state index < -0.39 is 0 Å². The monoisotopic (exact) mass is 286 g/mol. The van der Waals surface area contributed by atoms with E-state index in [0.29, 0.717) is 0 Å². The molecule has 1 N–H and O–H groups in total. The maximum atomic E-state index is 12.3. The molecule has 1 saturated carbocycles. The minimum Gasteiger partial charge on any atom is -0.337 e. The molecule has 21 heavy (non-hydrogen) atoms. The fourth-order valence-electron chi connectivity index (χ4n) is 3.53. The van der Waals surface area contributed by atoms with Crippen LogP contribution in [-0.2, 0) is 5.41 Å². The van der Waals surface area contributed by atoms with Crippen LogP contribution < -0.4 is 5.32 Å². The number of hydrogen-bond acceptors (Lipinski definition) is 1. The van der Waals surface area contributed by atoms with Gasteiger partial charge in [-0.25, -0.2) is 4.79 Å². The molecule has 1 heterocycles. The average molecular weight is 286 g/mol. The molecule has 2 amide bonds. The molecule has 114 valence electrons. The van der Waals surface area contributed by atoms with Crippen LogP contribution in [0.3, 0.4) is 0 Å². The van der Waals surface area contributed by atoms with E-state index in [1.807, 2.05) is 4.90 Å². The third-order valence-electron chi connectivity index (χ3n) is 5.35. The van der Waals surface area contributed by atoms with Gasteiger partial charge < -0.3 is 10.2 Å². The molecule has 3 nitrogen and oxygen atoms in total. The molecule has 1 aliphatic carbocycles. The van der Waals surface area contributed by atoms with E-state index in [1.165, 1.54) is 24.8 Å². The van der Waals surface area contributed by atoms with Gasteiger partial charge in [-0.05, 0) is 37.2 Å². The van der Waals surface area contributed by atoms with Crippen LogP contribution >= 0.6 is 0 Å². The van der Waals surface area contributed by atoms with Crippen LogP contribution in [-0.4, -0.2) is 30.6 Å². The lowest BCUT2D eigenvalue weighted by Gasteiger charge is -2.43. The third kappa shape index (κ3) is 3.07. The molecule has 0 spiro atoms. The second kappa shape index (κ2) is 6.08. The van der Waals surface area contributed by atoms with Crippen molar-refractivity contribution < 1.29 is 4.79 Å². The predicted molar refractivity (Wildman–Crippen MR) is 85.3 cm³/mol. The summed E-state index contributed by atoms with van der Waals surface area (Å²) in [5.41, 5.74) is 1.56. The molecule has 1 aromatic carbocycles. The number of carbonyl (C=O) groups excluding carboxylic acids is 1. The summed E-state index contributed by atoms with van der Waals surface area (Å²) in [4.78, 5) is 14.3. The first kappa shape index (κ1) is 14.4. The summed E-state index contributed by atoms with van der Waals surface area (Å²) in [6, 6.07) is 10.8. The summed E-state index contributed by atoms with van der Waals surface area (Å²) >= 11 is 0. The summed E-state index contributed by atoms with van der Waals surface area (Å²) in [7, 11) is 0. The number of benzene rings is 1. The van der Waals surface area contributed by atoms with E-state index in [2.05, 4.69) is 42.6 Å². The van der Waals surface area contributed by atoms with Crippen LogP contribution in [0.2, 0.25) is 0 Å². The number of rotatable bonds is 3. The van der Waals surface area contributed by atoms with Crippen molar-refractivity contribution in [3.05, 3.63) is 35.9 Å². The molecule has 0 unspecified atom stereocenters. The zero-order chi connectivity index (χ0) is 14.7. The molecule has 0 atom stereocenters. The van der Waals surface area contributed by atoms with Crippen molar-refractivity contribution in [2.75, 3.05) is 19.6 Å². The molecule has 3 rings (SSSR count). The fourth-order valence-corrected chi connectivity index (χ4v) is 3.53. The standard InChI is InChI=1S/C18H26N2O/c1-15-8-12-20(13-9-15)17(21)19-14-18(10-5-11-18)16-6-3-2-4-7-16/h2-4,6-7,15H,5,8-14H2,1H3,(H,19,21). The minimum absolute atomic E-state index is 0.129. The summed E-state index contributed by atoms with van der Waals surface area (Å²) in [6.07, 6.45) is 5.92. The average Bonchev–Trinajstić information content (AvgIpc) is 2.48. The lowest BCUT2D eigenvalue weighted by molar-refractivity contribution is 0.164. The number of nitrogens with zero attached hydrogens (tertiary/aromatic N) is 1. The highest BCUT2D eigenvalue weighted by molar-refractivity contribution is 5.74. The second-order valence-corrected chi connectivity index (χ2v) is 6.83. The molecular formula is C18H26N2O. The van der Waals surface area contributed by atoms with Crippen molar-refractivity contribution in [1.29, 1.82) is 0 Å². The van der Waals surface area contributed by atoms with Gasteiger partial charge in [0, 0.05) is 25.0 Å². The van der Waals surface area contributed by atoms with Gasteiger partial charge in [0.2, 0.25) is 0 Å². The largest absolute Gasteiger partial charge is 0.337 e. The lowest BCUT2D eigenvalue weighted by atomic mass is 9.64. The Morgan fingerprint density at radius 3 is 2.48 bits per heavy atom. The van der Waals surface area contributed by atoms with E-state index >= 15 is 0 Å². The first-order chi connectivity index (χ1) is 10.2. The van der Waals surface area contributed by atoms with Gasteiger partial charge in [0.15, 0.2) is 0 Å². The van der Waals surface area contributed by atoms with Gasteiger partial charge >= 0.3 is 6.03 Å². The predicted octanol–water partition coefficient (Wildman–Crippen LogP) is 3.55. The number of amides is 2. The summed E-state index contributed by atoms with van der Waals surface area (Å²) < 4.78 is 0. The highest BCUT2D eigenvalue weighted by atomic mass is 16.2. The van der Waals surface area contributed by atoms with Gasteiger partial charge in [0.1, 0.15) is 0 Å². The zero-order valence-electron chi connectivity index (χ0n) is 13.0. The number of nitrogens with one attached hydrogen (secondary N) is 1. The van der Waals surface area contributed by atoms with Crippen molar-refractivity contribution in [3.8, 4) is 0 Å². The van der Waals surface area contributed by atoms with Crippen molar-refractivity contribution in [1.82, 2.24) is 10.2 Å². The summed E-state index contributed by atoms with van der Waals surface area (Å²) in [6.45, 7) is 4.87. The van der Waals surface area contributed by atoms with Gasteiger partial charge in [-0.1, -0.05) is 43.7 Å². The van der Waals surface area contributed by atoms with Crippen LogP contribution in [0.15, 0.2) is 30.3 Å². The molecule has 1 saturated heterocycles. The number of piperidine rings is 1. The maximum Gasteiger partial charge on any atom is 0.317 e. The summed E-state index contributed by atoms with van der Waals surface area (Å²) in [5.74, 6) is 0.761. The Labute approximate surface area is 127 Å². The SMILES string of the molecule is CC1CCN(C(=O)NCC2(c3ccccc3)CCC2)CC1. The van der Waals surface area contributed by atoms with Crippen molar-refractivity contribution in [2.24, 2.45) is 5.92 Å². The topological polar surface area (TPSA) is 32.3 Å². The highest BCUT2D eigenvalue weighted by Gasteiger charge is 2.39. The Morgan fingerprint density at radius 2 is 1.90 bits per heavy atom. The Morgan fingerprint density at radius 1 is 1.24 bits per heavy atom. The van der Waals surface area contributed by atoms with Crippen molar-refractivity contribution >= 4 is 6.03 Å². The zero-order valence-corrected chi connectivity index (χ0v) is 13.0. The third-order valence-corrected chi connectivity index (χ3v) is 5.35. The first-order valence-corrected chi connectivity index (χ1v) is 8.28. The molecule has 2 fully saturated rings. The van der Waals surface area contributed by atoms with Gasteiger partial charge in [-0.2, -0.15) is 0 Å². The Kier molecular flexibility index (Phi) is 4.18. The normalized spacial score (nSPS) is 21.7. The molecule has 0 radical (unpaired) electrons. The minimum atomic E-state index is 0.129. The molecule has 1 aromatic rings. The number of carbonyl (C=O) groups is 1. The van der Waals surface area contributed by atoms with Crippen LogP contribution in [0.25, 0.3) is 0 Å². The molecule has 3 heteroatoms. The Hall–Kier alpha value is -1.51. The summed E-state index contributed by atoms with van der Waals surface area (Å²) in [5, 5.41) is 3.20. The maximum absolute atomic E-state index is 12.3. The molecule has 0 bridgehead atoms. The number of likely N-dealkylation sites (tertiary alicyclic amines) is 1. The first-order valence-electron chi connectivity index (χ1n) is 8.28. The highest BCUT2D eigenvalue weighted by Crippen LogP contribution is 2.43. The van der Waals surface area contributed by atoms with Crippen LogP contribution in [0.5, 0.6) is 0 Å². The van der Waals surface area contributed by atoms with Gasteiger partial charge in [-0.15, -0.1) is 0 Å². The molecule has 2 aliphatic rings. The van der Waals surface area contributed by atoms with Crippen molar-refractivity contribution in [2.45, 2.75) is 44.4 Å². The van der Waals surface area contributed by atoms with Crippen LogP contribution in [0.4, 0.5) is 4.79 Å². The lowest BCUT2D eigenvalue weighted by Crippen LogP contribution is -2.50. The second-order valence-electron chi connectivity index (χ2n) is 6.83. The van der Waals surface area contributed by atoms with Gasteiger partial charge in [-0.3, -0.25) is 0 Å². The van der Waals surface area contributed by atoms with Gasteiger partial charge in [0.25, 0.3) is 0 Å². The fraction of sp³-hybridized carbons (Fsp3) is 0.611. The Bertz CT molecular complexity index is 473. The van der Waals surface area contributed by atoms with E-state index in [4.69, 9.17) is 0 Å².